The first-order valence-corrected chi connectivity index (χ1v) is 7.90. The zero-order chi connectivity index (χ0) is 16.5. The number of carbonyl (C=O) groups excluding carboxylic acids is 1. The van der Waals surface area contributed by atoms with Gasteiger partial charge in [0.25, 0.3) is 5.91 Å². The number of benzene rings is 2. The van der Waals surface area contributed by atoms with Crippen LogP contribution >= 0.6 is 0 Å². The summed E-state index contributed by atoms with van der Waals surface area (Å²) in [6.07, 6.45) is 0. The van der Waals surface area contributed by atoms with Crippen molar-refractivity contribution < 1.29 is 18.7 Å². The lowest BCUT2D eigenvalue weighted by atomic mass is 10.1. The SMILES string of the molecule is C[C@@H](NC(=O)c1ccc2c(c1)OCCO2)c1cc2ccccc2o1. The van der Waals surface area contributed by atoms with Crippen molar-refractivity contribution in [2.24, 2.45) is 0 Å². The van der Waals surface area contributed by atoms with E-state index in [0.717, 1.165) is 16.7 Å². The van der Waals surface area contributed by atoms with Gasteiger partial charge in [-0.3, -0.25) is 4.79 Å². The Morgan fingerprint density at radius 3 is 2.67 bits per heavy atom. The summed E-state index contributed by atoms with van der Waals surface area (Å²) >= 11 is 0. The van der Waals surface area contributed by atoms with Crippen LogP contribution in [0.4, 0.5) is 0 Å². The van der Waals surface area contributed by atoms with Crippen LogP contribution in [-0.2, 0) is 0 Å². The zero-order valence-corrected chi connectivity index (χ0v) is 13.2. The fraction of sp³-hybridized carbons (Fsp3) is 0.211. The first kappa shape index (κ1) is 14.6. The highest BCUT2D eigenvalue weighted by Crippen LogP contribution is 2.31. The van der Waals surface area contributed by atoms with E-state index >= 15 is 0 Å². The van der Waals surface area contributed by atoms with Crippen molar-refractivity contribution in [3.05, 3.63) is 59.9 Å². The molecule has 0 bridgehead atoms. The second kappa shape index (κ2) is 5.92. The van der Waals surface area contributed by atoms with Gasteiger partial charge in [-0.1, -0.05) is 18.2 Å². The summed E-state index contributed by atoms with van der Waals surface area (Å²) < 4.78 is 16.8. The molecule has 1 atom stereocenters. The summed E-state index contributed by atoms with van der Waals surface area (Å²) in [6, 6.07) is 14.7. The standard InChI is InChI=1S/C19H17NO4/c1-12(17-10-13-4-2-3-5-15(13)24-17)20-19(21)14-6-7-16-18(11-14)23-9-8-22-16/h2-7,10-12H,8-9H2,1H3,(H,20,21)/t12-/m1/s1. The molecular weight excluding hydrogens is 306 g/mol. The van der Waals surface area contributed by atoms with Gasteiger partial charge in [-0.2, -0.15) is 0 Å². The van der Waals surface area contributed by atoms with Gasteiger partial charge in [-0.15, -0.1) is 0 Å². The third kappa shape index (κ3) is 2.69. The lowest BCUT2D eigenvalue weighted by molar-refractivity contribution is 0.0934. The van der Waals surface area contributed by atoms with Crippen LogP contribution in [0.15, 0.2) is 52.9 Å². The number of amides is 1. The molecule has 5 heteroatoms. The summed E-state index contributed by atoms with van der Waals surface area (Å²) in [5.74, 6) is 1.82. The number of ether oxygens (including phenoxy) is 2. The monoisotopic (exact) mass is 323 g/mol. The van der Waals surface area contributed by atoms with Crippen LogP contribution in [0.5, 0.6) is 11.5 Å². The molecule has 1 amide bonds. The smallest absolute Gasteiger partial charge is 0.252 e. The maximum atomic E-state index is 12.5. The minimum atomic E-state index is -0.238. The first-order valence-electron chi connectivity index (χ1n) is 7.90. The molecule has 0 fully saturated rings. The van der Waals surface area contributed by atoms with Crippen molar-refractivity contribution in [1.82, 2.24) is 5.32 Å². The highest BCUT2D eigenvalue weighted by atomic mass is 16.6. The molecule has 2 heterocycles. The number of hydrogen-bond acceptors (Lipinski definition) is 4. The number of hydrogen-bond donors (Lipinski definition) is 1. The van der Waals surface area contributed by atoms with E-state index in [4.69, 9.17) is 13.9 Å². The van der Waals surface area contributed by atoms with Gasteiger partial charge in [-0.25, -0.2) is 0 Å². The molecule has 5 nitrogen and oxygen atoms in total. The fourth-order valence-corrected chi connectivity index (χ4v) is 2.75. The van der Waals surface area contributed by atoms with Gasteiger partial charge >= 0.3 is 0 Å². The average molecular weight is 323 g/mol. The van der Waals surface area contributed by atoms with Crippen molar-refractivity contribution in [2.75, 3.05) is 13.2 Å². The Kier molecular flexibility index (Phi) is 3.61. The predicted octanol–water partition coefficient (Wildman–Crippen LogP) is 3.70. The Hall–Kier alpha value is -2.95. The molecule has 4 rings (SSSR count). The largest absolute Gasteiger partial charge is 0.486 e. The zero-order valence-electron chi connectivity index (χ0n) is 13.2. The van der Waals surface area contributed by atoms with E-state index in [1.165, 1.54) is 0 Å². The molecule has 0 saturated carbocycles. The van der Waals surface area contributed by atoms with Gasteiger partial charge in [-0.05, 0) is 37.3 Å². The van der Waals surface area contributed by atoms with Gasteiger partial charge in [0.15, 0.2) is 11.5 Å². The van der Waals surface area contributed by atoms with Crippen LogP contribution in [0, 0.1) is 0 Å². The molecule has 1 aliphatic rings. The van der Waals surface area contributed by atoms with Crippen LogP contribution in [-0.4, -0.2) is 19.1 Å². The highest BCUT2D eigenvalue weighted by Gasteiger charge is 2.18. The molecule has 1 N–H and O–H groups in total. The van der Waals surface area contributed by atoms with E-state index in [2.05, 4.69) is 5.32 Å². The Bertz CT molecular complexity index is 866. The molecule has 0 spiro atoms. The van der Waals surface area contributed by atoms with Gasteiger partial charge < -0.3 is 19.2 Å². The lowest BCUT2D eigenvalue weighted by Crippen LogP contribution is -2.26. The number of fused-ring (bicyclic) bond motifs is 2. The van der Waals surface area contributed by atoms with E-state index in [9.17, 15) is 4.79 Å². The molecule has 1 aromatic heterocycles. The number of nitrogens with one attached hydrogen (secondary N) is 1. The maximum Gasteiger partial charge on any atom is 0.252 e. The van der Waals surface area contributed by atoms with Crippen LogP contribution in [0.1, 0.15) is 29.1 Å². The van der Waals surface area contributed by atoms with Crippen LogP contribution in [0.3, 0.4) is 0 Å². The van der Waals surface area contributed by atoms with E-state index in [1.54, 1.807) is 18.2 Å². The van der Waals surface area contributed by atoms with Gasteiger partial charge in [0, 0.05) is 10.9 Å². The van der Waals surface area contributed by atoms with E-state index < -0.39 is 0 Å². The minimum absolute atomic E-state index is 0.181. The molecule has 3 aromatic rings. The van der Waals surface area contributed by atoms with E-state index in [0.29, 0.717) is 30.3 Å². The quantitative estimate of drug-likeness (QED) is 0.798. The molecule has 0 aliphatic carbocycles. The third-order valence-electron chi connectivity index (χ3n) is 4.02. The molecule has 122 valence electrons. The highest BCUT2D eigenvalue weighted by molar-refractivity contribution is 5.95. The van der Waals surface area contributed by atoms with Crippen molar-refractivity contribution >= 4 is 16.9 Å². The number of rotatable bonds is 3. The summed E-state index contributed by atoms with van der Waals surface area (Å²) in [7, 11) is 0. The van der Waals surface area contributed by atoms with Crippen LogP contribution < -0.4 is 14.8 Å². The summed E-state index contributed by atoms with van der Waals surface area (Å²) in [4.78, 5) is 12.5. The Morgan fingerprint density at radius 1 is 1.04 bits per heavy atom. The van der Waals surface area contributed by atoms with Gasteiger partial charge in [0.05, 0.1) is 6.04 Å². The van der Waals surface area contributed by atoms with Gasteiger partial charge in [0.1, 0.15) is 24.6 Å². The molecule has 2 aromatic carbocycles. The van der Waals surface area contributed by atoms with Crippen molar-refractivity contribution in [3.63, 3.8) is 0 Å². The van der Waals surface area contributed by atoms with Crippen LogP contribution in [0.2, 0.25) is 0 Å². The summed E-state index contributed by atoms with van der Waals surface area (Å²) in [5.41, 5.74) is 1.34. The average Bonchev–Trinajstić information content (AvgIpc) is 3.05. The Morgan fingerprint density at radius 2 is 1.83 bits per heavy atom. The van der Waals surface area contributed by atoms with E-state index in [-0.39, 0.29) is 11.9 Å². The number of carbonyl (C=O) groups is 1. The Labute approximate surface area is 139 Å². The maximum absolute atomic E-state index is 12.5. The predicted molar refractivity (Wildman–Crippen MR) is 89.5 cm³/mol. The molecule has 0 radical (unpaired) electrons. The minimum Gasteiger partial charge on any atom is -0.486 e. The summed E-state index contributed by atoms with van der Waals surface area (Å²) in [5, 5.41) is 3.97. The molecule has 24 heavy (non-hydrogen) atoms. The molecular formula is C19H17NO4. The fourth-order valence-electron chi connectivity index (χ4n) is 2.75. The first-order chi connectivity index (χ1) is 11.7. The molecule has 1 aliphatic heterocycles. The van der Waals surface area contributed by atoms with Crippen molar-refractivity contribution in [3.8, 4) is 11.5 Å². The normalized spacial score (nSPS) is 14.4. The topological polar surface area (TPSA) is 60.7 Å². The van der Waals surface area contributed by atoms with Gasteiger partial charge in [0.2, 0.25) is 0 Å². The van der Waals surface area contributed by atoms with Crippen molar-refractivity contribution in [1.29, 1.82) is 0 Å². The number of para-hydroxylation sites is 1. The number of furan rings is 1. The lowest BCUT2D eigenvalue weighted by Gasteiger charge is -2.19. The van der Waals surface area contributed by atoms with E-state index in [1.807, 2.05) is 37.3 Å². The third-order valence-corrected chi connectivity index (χ3v) is 4.02. The molecule has 0 unspecified atom stereocenters. The summed E-state index contributed by atoms with van der Waals surface area (Å²) in [6.45, 7) is 2.92. The van der Waals surface area contributed by atoms with Crippen molar-refractivity contribution in [2.45, 2.75) is 13.0 Å². The molecule has 0 saturated heterocycles. The second-order valence-corrected chi connectivity index (χ2v) is 5.74. The Balaban J connectivity index is 1.52. The second-order valence-electron chi connectivity index (χ2n) is 5.74. The van der Waals surface area contributed by atoms with Crippen LogP contribution in [0.25, 0.3) is 11.0 Å².